The number of hydrogen-bond donors (Lipinski definition) is 0. The van der Waals surface area contributed by atoms with E-state index in [1.807, 2.05) is 12.1 Å². The highest BCUT2D eigenvalue weighted by Crippen LogP contribution is 2.28. The topological polar surface area (TPSA) is 57.2 Å². The van der Waals surface area contributed by atoms with Crippen molar-refractivity contribution in [2.45, 2.75) is 0 Å². The van der Waals surface area contributed by atoms with E-state index in [2.05, 4.69) is 4.90 Å². The number of carbonyl (C=O) groups excluding carboxylic acids is 1. The summed E-state index contributed by atoms with van der Waals surface area (Å²) in [6.45, 7) is 2.84. The lowest BCUT2D eigenvalue weighted by atomic mass is 10.2. The maximum absolute atomic E-state index is 12.5. The molecule has 2 aromatic rings. The van der Waals surface area contributed by atoms with E-state index in [9.17, 15) is 4.79 Å². The van der Waals surface area contributed by atoms with Crippen LogP contribution in [0.25, 0.3) is 0 Å². The number of carbonyl (C=O) groups is 1. The van der Waals surface area contributed by atoms with E-state index in [0.717, 1.165) is 23.6 Å². The van der Waals surface area contributed by atoms with Crippen molar-refractivity contribution in [3.63, 3.8) is 0 Å². The van der Waals surface area contributed by atoms with Crippen LogP contribution in [0.15, 0.2) is 42.5 Å². The predicted octanol–water partition coefficient (Wildman–Crippen LogP) is 2.93. The van der Waals surface area contributed by atoms with Gasteiger partial charge in [-0.15, -0.1) is 0 Å². The molecule has 7 heteroatoms. The van der Waals surface area contributed by atoms with Crippen LogP contribution in [0.2, 0.25) is 0 Å². The molecular formula is C20H21NO5S. The van der Waals surface area contributed by atoms with Crippen LogP contribution in [0.5, 0.6) is 17.2 Å². The molecule has 0 atom stereocenters. The maximum Gasteiger partial charge on any atom is 0.343 e. The molecule has 0 aromatic heterocycles. The highest BCUT2D eigenvalue weighted by molar-refractivity contribution is 7.80. The minimum Gasteiger partial charge on any atom is -0.493 e. The fourth-order valence-corrected chi connectivity index (χ4v) is 3.08. The van der Waals surface area contributed by atoms with E-state index >= 15 is 0 Å². The van der Waals surface area contributed by atoms with Gasteiger partial charge in [0, 0.05) is 18.7 Å². The van der Waals surface area contributed by atoms with Gasteiger partial charge >= 0.3 is 5.97 Å². The fourth-order valence-electron chi connectivity index (χ4n) is 2.77. The Kier molecular flexibility index (Phi) is 6.26. The van der Waals surface area contributed by atoms with Crippen LogP contribution in [-0.2, 0) is 4.74 Å². The molecule has 1 fully saturated rings. The molecule has 0 bridgehead atoms. The number of nitrogens with zero attached hydrogens (tertiary/aromatic N) is 1. The summed E-state index contributed by atoms with van der Waals surface area (Å²) in [7, 11) is 3.06. The summed E-state index contributed by atoms with van der Waals surface area (Å²) in [4.78, 5) is 15.3. The molecule has 2 aromatic carbocycles. The number of esters is 1. The Morgan fingerprint density at radius 1 is 1.00 bits per heavy atom. The second-order valence-corrected chi connectivity index (χ2v) is 6.28. The molecule has 3 rings (SSSR count). The molecule has 1 aliphatic rings. The van der Waals surface area contributed by atoms with Gasteiger partial charge in [-0.1, -0.05) is 24.4 Å². The van der Waals surface area contributed by atoms with Crippen molar-refractivity contribution in [3.05, 3.63) is 53.6 Å². The van der Waals surface area contributed by atoms with Crippen molar-refractivity contribution < 1.29 is 23.7 Å². The van der Waals surface area contributed by atoms with E-state index in [0.29, 0.717) is 36.0 Å². The van der Waals surface area contributed by atoms with Crippen LogP contribution in [0, 0.1) is 0 Å². The Morgan fingerprint density at radius 3 is 2.44 bits per heavy atom. The average Bonchev–Trinajstić information content (AvgIpc) is 2.73. The van der Waals surface area contributed by atoms with Crippen LogP contribution < -0.4 is 14.2 Å². The van der Waals surface area contributed by atoms with Crippen molar-refractivity contribution in [2.24, 2.45) is 0 Å². The Bertz CT molecular complexity index is 833. The van der Waals surface area contributed by atoms with E-state index < -0.39 is 5.97 Å². The summed E-state index contributed by atoms with van der Waals surface area (Å²) >= 11 is 5.57. The van der Waals surface area contributed by atoms with Crippen LogP contribution >= 0.6 is 12.2 Å². The Balaban J connectivity index is 1.74. The van der Waals surface area contributed by atoms with E-state index in [4.69, 9.17) is 31.2 Å². The number of benzene rings is 2. The number of rotatable bonds is 5. The number of thiocarbonyl (C=S) groups is 1. The van der Waals surface area contributed by atoms with Gasteiger partial charge in [0.25, 0.3) is 0 Å². The first-order valence-corrected chi connectivity index (χ1v) is 8.94. The number of ether oxygens (including phenoxy) is 4. The smallest absolute Gasteiger partial charge is 0.343 e. The number of morpholine rings is 1. The largest absolute Gasteiger partial charge is 0.493 e. The summed E-state index contributed by atoms with van der Waals surface area (Å²) in [5, 5.41) is 0. The molecule has 1 saturated heterocycles. The van der Waals surface area contributed by atoms with E-state index in [-0.39, 0.29) is 0 Å². The molecule has 0 saturated carbocycles. The zero-order valence-corrected chi connectivity index (χ0v) is 16.1. The van der Waals surface area contributed by atoms with Crippen LogP contribution in [0.3, 0.4) is 0 Å². The Hall–Kier alpha value is -2.64. The molecule has 27 heavy (non-hydrogen) atoms. The third-order valence-electron chi connectivity index (χ3n) is 4.21. The highest BCUT2D eigenvalue weighted by atomic mass is 32.1. The van der Waals surface area contributed by atoms with Gasteiger partial charge in [-0.25, -0.2) is 4.79 Å². The molecule has 0 aliphatic carbocycles. The summed E-state index contributed by atoms with van der Waals surface area (Å²) in [6.07, 6.45) is 0. The highest BCUT2D eigenvalue weighted by Gasteiger charge is 2.17. The standard InChI is InChI=1S/C20H21NO5S/c1-23-17-7-6-15(13-18(17)24-2)20(22)26-16-5-3-4-14(12-16)19(27)21-8-10-25-11-9-21/h3-7,12-13H,8-11H2,1-2H3. The van der Waals surface area contributed by atoms with Crippen LogP contribution in [0.1, 0.15) is 15.9 Å². The predicted molar refractivity (Wildman–Crippen MR) is 105 cm³/mol. The molecular weight excluding hydrogens is 366 g/mol. The lowest BCUT2D eigenvalue weighted by Crippen LogP contribution is -2.40. The molecule has 142 valence electrons. The average molecular weight is 387 g/mol. The van der Waals surface area contributed by atoms with Crippen molar-refractivity contribution in [1.29, 1.82) is 0 Å². The zero-order chi connectivity index (χ0) is 19.2. The lowest BCUT2D eigenvalue weighted by molar-refractivity contribution is 0.0693. The van der Waals surface area contributed by atoms with Crippen molar-refractivity contribution in [3.8, 4) is 17.2 Å². The third kappa shape index (κ3) is 4.56. The second kappa shape index (κ2) is 8.83. The summed E-state index contributed by atoms with van der Waals surface area (Å²) < 4.78 is 21.3. The molecule has 0 N–H and O–H groups in total. The minimum atomic E-state index is -0.481. The first kappa shape index (κ1) is 19.1. The van der Waals surface area contributed by atoms with Gasteiger partial charge in [-0.05, 0) is 30.3 Å². The molecule has 0 spiro atoms. The molecule has 0 unspecified atom stereocenters. The number of hydrogen-bond acceptors (Lipinski definition) is 6. The monoisotopic (exact) mass is 387 g/mol. The molecule has 1 heterocycles. The van der Waals surface area contributed by atoms with Gasteiger partial charge < -0.3 is 23.8 Å². The van der Waals surface area contributed by atoms with Gasteiger partial charge in [0.1, 0.15) is 10.7 Å². The fraction of sp³-hybridized carbons (Fsp3) is 0.300. The molecule has 0 radical (unpaired) electrons. The summed E-state index contributed by atoms with van der Waals surface area (Å²) in [5.74, 6) is 0.967. The van der Waals surface area contributed by atoms with Crippen molar-refractivity contribution in [2.75, 3.05) is 40.5 Å². The lowest BCUT2D eigenvalue weighted by Gasteiger charge is -2.29. The summed E-state index contributed by atoms with van der Waals surface area (Å²) in [6, 6.07) is 12.1. The van der Waals surface area contributed by atoms with Gasteiger partial charge in [-0.3, -0.25) is 0 Å². The number of methoxy groups -OCH3 is 2. The van der Waals surface area contributed by atoms with Crippen molar-refractivity contribution in [1.82, 2.24) is 4.90 Å². The SMILES string of the molecule is COc1ccc(C(=O)Oc2cccc(C(=S)N3CCOCC3)c2)cc1OC. The Labute approximate surface area is 163 Å². The molecule has 0 amide bonds. The van der Waals surface area contributed by atoms with Gasteiger partial charge in [0.2, 0.25) is 0 Å². The van der Waals surface area contributed by atoms with E-state index in [1.165, 1.54) is 7.11 Å². The second-order valence-electron chi connectivity index (χ2n) is 5.89. The third-order valence-corrected chi connectivity index (χ3v) is 4.70. The summed E-state index contributed by atoms with van der Waals surface area (Å²) in [5.41, 5.74) is 1.21. The van der Waals surface area contributed by atoms with E-state index in [1.54, 1.807) is 37.4 Å². The van der Waals surface area contributed by atoms with Gasteiger partial charge in [0.15, 0.2) is 11.5 Å². The van der Waals surface area contributed by atoms with Gasteiger partial charge in [0.05, 0.1) is 33.0 Å². The van der Waals surface area contributed by atoms with Crippen molar-refractivity contribution >= 4 is 23.2 Å². The zero-order valence-electron chi connectivity index (χ0n) is 15.3. The maximum atomic E-state index is 12.5. The van der Waals surface area contributed by atoms with Crippen LogP contribution in [0.4, 0.5) is 0 Å². The first-order chi connectivity index (χ1) is 13.1. The quantitative estimate of drug-likeness (QED) is 0.444. The van der Waals surface area contributed by atoms with Crippen LogP contribution in [-0.4, -0.2) is 56.4 Å². The van der Waals surface area contributed by atoms with Gasteiger partial charge in [-0.2, -0.15) is 0 Å². The molecule has 1 aliphatic heterocycles. The first-order valence-electron chi connectivity index (χ1n) is 8.53. The minimum absolute atomic E-state index is 0.369. The Morgan fingerprint density at radius 2 is 1.74 bits per heavy atom. The molecule has 6 nitrogen and oxygen atoms in total. The normalized spacial score (nSPS) is 13.8.